The first kappa shape index (κ1) is 16.5. The molecule has 3 rings (SSSR count). The second kappa shape index (κ2) is 7.49. The molecule has 2 aromatic carbocycles. The second-order valence-electron chi connectivity index (χ2n) is 6.26. The summed E-state index contributed by atoms with van der Waals surface area (Å²) in [7, 11) is 1.78. The molecule has 1 atom stereocenters. The lowest BCUT2D eigenvalue weighted by Crippen LogP contribution is -2.39. The van der Waals surface area contributed by atoms with E-state index in [1.165, 1.54) is 5.69 Å². The van der Waals surface area contributed by atoms with Crippen molar-refractivity contribution in [3.63, 3.8) is 0 Å². The summed E-state index contributed by atoms with van der Waals surface area (Å²) in [6.07, 6.45) is 2.57. The fourth-order valence-corrected chi connectivity index (χ4v) is 3.15. The van der Waals surface area contributed by atoms with Gasteiger partial charge in [0.15, 0.2) is 0 Å². The van der Waals surface area contributed by atoms with Gasteiger partial charge in [0.1, 0.15) is 0 Å². The number of aryl methyl sites for hydroxylation is 1. The van der Waals surface area contributed by atoms with Crippen molar-refractivity contribution in [2.75, 3.05) is 30.4 Å². The number of hydrogen-bond donors (Lipinski definition) is 1. The standard InChI is InChI=1S/C20H24N2O2/c1-15-6-3-4-8-19(15)20(23)21-16-9-11-17(12-10-16)22-13-5-7-18(14-22)24-2/h3-4,6,8-12,18H,5,7,13-14H2,1-2H3,(H,21,23). The number of carbonyl (C=O) groups excluding carboxylic acids is 1. The van der Waals surface area contributed by atoms with Gasteiger partial charge in [-0.05, 0) is 55.7 Å². The van der Waals surface area contributed by atoms with Crippen molar-refractivity contribution in [2.24, 2.45) is 0 Å². The molecular formula is C20H24N2O2. The summed E-state index contributed by atoms with van der Waals surface area (Å²) in [4.78, 5) is 14.7. The zero-order chi connectivity index (χ0) is 16.9. The Hall–Kier alpha value is -2.33. The van der Waals surface area contributed by atoms with Crippen LogP contribution in [0.5, 0.6) is 0 Å². The van der Waals surface area contributed by atoms with E-state index in [1.54, 1.807) is 7.11 Å². The summed E-state index contributed by atoms with van der Waals surface area (Å²) in [6, 6.07) is 15.7. The van der Waals surface area contributed by atoms with Crippen LogP contribution in [0.3, 0.4) is 0 Å². The highest BCUT2D eigenvalue weighted by Gasteiger charge is 2.19. The van der Waals surface area contributed by atoms with Gasteiger partial charge in [-0.15, -0.1) is 0 Å². The van der Waals surface area contributed by atoms with Gasteiger partial charge in [-0.1, -0.05) is 18.2 Å². The highest BCUT2D eigenvalue weighted by molar-refractivity contribution is 6.05. The quantitative estimate of drug-likeness (QED) is 0.928. The highest BCUT2D eigenvalue weighted by Crippen LogP contribution is 2.23. The predicted molar refractivity (Wildman–Crippen MR) is 97.8 cm³/mol. The van der Waals surface area contributed by atoms with E-state index in [0.717, 1.165) is 37.2 Å². The van der Waals surface area contributed by atoms with Crippen LogP contribution in [-0.2, 0) is 4.74 Å². The fourth-order valence-electron chi connectivity index (χ4n) is 3.15. The minimum Gasteiger partial charge on any atom is -0.380 e. The van der Waals surface area contributed by atoms with Crippen LogP contribution < -0.4 is 10.2 Å². The molecule has 1 amide bonds. The number of hydrogen-bond acceptors (Lipinski definition) is 3. The number of ether oxygens (including phenoxy) is 1. The maximum absolute atomic E-state index is 12.4. The highest BCUT2D eigenvalue weighted by atomic mass is 16.5. The molecule has 1 heterocycles. The van der Waals surface area contributed by atoms with Crippen molar-refractivity contribution >= 4 is 17.3 Å². The van der Waals surface area contributed by atoms with Crippen LogP contribution >= 0.6 is 0 Å². The van der Waals surface area contributed by atoms with Crippen molar-refractivity contribution in [3.05, 3.63) is 59.7 Å². The van der Waals surface area contributed by atoms with E-state index >= 15 is 0 Å². The minimum atomic E-state index is -0.0710. The SMILES string of the molecule is COC1CCCN(c2ccc(NC(=O)c3ccccc3C)cc2)C1. The molecule has 2 aromatic rings. The third-order valence-corrected chi connectivity index (χ3v) is 4.59. The Balaban J connectivity index is 1.66. The molecule has 0 aromatic heterocycles. The first-order chi connectivity index (χ1) is 11.7. The molecule has 1 aliphatic heterocycles. The number of nitrogens with one attached hydrogen (secondary N) is 1. The lowest BCUT2D eigenvalue weighted by Gasteiger charge is -2.33. The summed E-state index contributed by atoms with van der Waals surface area (Å²) in [5.41, 5.74) is 3.67. The number of anilines is 2. The molecule has 4 heteroatoms. The molecule has 1 unspecified atom stereocenters. The van der Waals surface area contributed by atoms with Crippen molar-refractivity contribution in [2.45, 2.75) is 25.9 Å². The van der Waals surface area contributed by atoms with Gasteiger partial charge in [0.05, 0.1) is 6.10 Å². The zero-order valence-corrected chi connectivity index (χ0v) is 14.3. The van der Waals surface area contributed by atoms with Crippen molar-refractivity contribution in [1.29, 1.82) is 0 Å². The lowest BCUT2D eigenvalue weighted by molar-refractivity contribution is 0.0893. The number of carbonyl (C=O) groups is 1. The zero-order valence-electron chi connectivity index (χ0n) is 14.3. The van der Waals surface area contributed by atoms with Crippen LogP contribution in [0, 0.1) is 6.92 Å². The largest absolute Gasteiger partial charge is 0.380 e. The number of amides is 1. The van der Waals surface area contributed by atoms with Gasteiger partial charge in [0, 0.05) is 37.1 Å². The van der Waals surface area contributed by atoms with Gasteiger partial charge < -0.3 is 15.0 Å². The molecule has 0 bridgehead atoms. The molecule has 4 nitrogen and oxygen atoms in total. The number of methoxy groups -OCH3 is 1. The molecule has 1 N–H and O–H groups in total. The minimum absolute atomic E-state index is 0.0710. The van der Waals surface area contributed by atoms with Crippen LogP contribution in [0.1, 0.15) is 28.8 Å². The number of piperidine rings is 1. The van der Waals surface area contributed by atoms with Crippen LogP contribution in [0.25, 0.3) is 0 Å². The number of rotatable bonds is 4. The maximum Gasteiger partial charge on any atom is 0.255 e. The lowest BCUT2D eigenvalue weighted by atomic mass is 10.1. The number of benzene rings is 2. The molecule has 1 aliphatic rings. The first-order valence-electron chi connectivity index (χ1n) is 8.42. The Morgan fingerprint density at radius 2 is 1.92 bits per heavy atom. The van der Waals surface area contributed by atoms with E-state index in [9.17, 15) is 4.79 Å². The van der Waals surface area contributed by atoms with Gasteiger partial charge >= 0.3 is 0 Å². The third-order valence-electron chi connectivity index (χ3n) is 4.59. The van der Waals surface area contributed by atoms with Gasteiger partial charge in [0.25, 0.3) is 5.91 Å². The topological polar surface area (TPSA) is 41.6 Å². The van der Waals surface area contributed by atoms with E-state index in [1.807, 2.05) is 43.3 Å². The van der Waals surface area contributed by atoms with Gasteiger partial charge in [-0.2, -0.15) is 0 Å². The average Bonchev–Trinajstić information content (AvgIpc) is 2.62. The summed E-state index contributed by atoms with van der Waals surface area (Å²) in [6.45, 7) is 3.92. The molecule has 0 aliphatic carbocycles. The molecule has 0 radical (unpaired) electrons. The normalized spacial score (nSPS) is 17.6. The Kier molecular flexibility index (Phi) is 5.16. The Labute approximate surface area is 143 Å². The van der Waals surface area contributed by atoms with Gasteiger partial charge in [-0.3, -0.25) is 4.79 Å². The molecule has 0 saturated carbocycles. The van der Waals surface area contributed by atoms with E-state index in [0.29, 0.717) is 11.7 Å². The van der Waals surface area contributed by atoms with E-state index in [-0.39, 0.29) is 5.91 Å². The molecule has 1 saturated heterocycles. The molecule has 1 fully saturated rings. The van der Waals surface area contributed by atoms with E-state index in [2.05, 4.69) is 22.3 Å². The average molecular weight is 324 g/mol. The smallest absolute Gasteiger partial charge is 0.255 e. The second-order valence-corrected chi connectivity index (χ2v) is 6.26. The molecule has 24 heavy (non-hydrogen) atoms. The van der Waals surface area contributed by atoms with Crippen molar-refractivity contribution in [1.82, 2.24) is 0 Å². The van der Waals surface area contributed by atoms with Crippen LogP contribution in [-0.4, -0.2) is 32.2 Å². The van der Waals surface area contributed by atoms with Crippen LogP contribution in [0.2, 0.25) is 0 Å². The van der Waals surface area contributed by atoms with Gasteiger partial charge in [0.2, 0.25) is 0 Å². The van der Waals surface area contributed by atoms with Gasteiger partial charge in [-0.25, -0.2) is 0 Å². The van der Waals surface area contributed by atoms with Crippen LogP contribution in [0.15, 0.2) is 48.5 Å². The van der Waals surface area contributed by atoms with E-state index < -0.39 is 0 Å². The molecule has 0 spiro atoms. The number of nitrogens with zero attached hydrogens (tertiary/aromatic N) is 1. The Morgan fingerprint density at radius 1 is 1.17 bits per heavy atom. The third kappa shape index (κ3) is 3.77. The summed E-state index contributed by atoms with van der Waals surface area (Å²) in [5, 5.41) is 2.97. The Bertz CT molecular complexity index is 697. The summed E-state index contributed by atoms with van der Waals surface area (Å²) >= 11 is 0. The molecule has 126 valence electrons. The predicted octanol–water partition coefficient (Wildman–Crippen LogP) is 3.86. The van der Waals surface area contributed by atoms with Crippen molar-refractivity contribution < 1.29 is 9.53 Å². The van der Waals surface area contributed by atoms with E-state index in [4.69, 9.17) is 4.74 Å². The fraction of sp³-hybridized carbons (Fsp3) is 0.350. The summed E-state index contributed by atoms with van der Waals surface area (Å²) in [5.74, 6) is -0.0710. The van der Waals surface area contributed by atoms with Crippen molar-refractivity contribution in [3.8, 4) is 0 Å². The maximum atomic E-state index is 12.4. The monoisotopic (exact) mass is 324 g/mol. The molecular weight excluding hydrogens is 300 g/mol. The van der Waals surface area contributed by atoms with Crippen LogP contribution in [0.4, 0.5) is 11.4 Å². The summed E-state index contributed by atoms with van der Waals surface area (Å²) < 4.78 is 5.48. The Morgan fingerprint density at radius 3 is 2.62 bits per heavy atom. The first-order valence-corrected chi connectivity index (χ1v) is 8.42.